The number of anilines is 2. The second kappa shape index (κ2) is 9.39. The molecule has 0 aliphatic carbocycles. The van der Waals surface area contributed by atoms with Crippen molar-refractivity contribution in [3.05, 3.63) is 84.4 Å². The van der Waals surface area contributed by atoms with Crippen LogP contribution >= 0.6 is 0 Å². The van der Waals surface area contributed by atoms with Crippen molar-refractivity contribution in [2.24, 2.45) is 0 Å². The van der Waals surface area contributed by atoms with E-state index in [0.29, 0.717) is 17.7 Å². The van der Waals surface area contributed by atoms with Gasteiger partial charge in [-0.1, -0.05) is 54.6 Å². The number of rotatable bonds is 7. The summed E-state index contributed by atoms with van der Waals surface area (Å²) in [6.45, 7) is 0.735. The molecule has 1 fully saturated rings. The largest absolute Gasteiger partial charge is 0.326 e. The third-order valence-electron chi connectivity index (χ3n) is 5.43. The fraction of sp³-hybridized carbons (Fsp3) is 0.192. The molecule has 1 aliphatic heterocycles. The van der Waals surface area contributed by atoms with E-state index in [1.54, 1.807) is 29.2 Å². The van der Waals surface area contributed by atoms with Gasteiger partial charge in [-0.2, -0.15) is 0 Å². The van der Waals surface area contributed by atoms with Gasteiger partial charge >= 0.3 is 0 Å². The number of amides is 2. The number of nitrogens with one attached hydrogen (secondary N) is 1. The number of benzene rings is 3. The van der Waals surface area contributed by atoms with Crippen LogP contribution in [0.2, 0.25) is 0 Å². The minimum Gasteiger partial charge on any atom is -0.326 e. The normalized spacial score (nSPS) is 13.3. The maximum atomic E-state index is 12.5. The molecule has 1 saturated heterocycles. The van der Waals surface area contributed by atoms with Crippen LogP contribution in [-0.2, 0) is 9.59 Å². The Morgan fingerprint density at radius 1 is 0.806 bits per heavy atom. The quantitative estimate of drug-likeness (QED) is 0.550. The van der Waals surface area contributed by atoms with Crippen molar-refractivity contribution >= 4 is 29.0 Å². The molecule has 3 aromatic carbocycles. The summed E-state index contributed by atoms with van der Waals surface area (Å²) in [5, 5.41) is 2.81. The van der Waals surface area contributed by atoms with E-state index in [9.17, 15) is 14.4 Å². The van der Waals surface area contributed by atoms with E-state index in [2.05, 4.69) is 5.32 Å². The summed E-state index contributed by atoms with van der Waals surface area (Å²) in [5.74, 6) is -0.135. The highest BCUT2D eigenvalue weighted by atomic mass is 16.2. The SMILES string of the molecule is O=C(CCC(=O)c1ccc(-c2ccccc2)cc1)Nc1ccc(N2CCCC2=O)cc1. The number of carbonyl (C=O) groups is 3. The van der Waals surface area contributed by atoms with Crippen LogP contribution in [0.1, 0.15) is 36.0 Å². The lowest BCUT2D eigenvalue weighted by Crippen LogP contribution is -2.23. The van der Waals surface area contributed by atoms with Crippen LogP contribution in [0.5, 0.6) is 0 Å². The number of ketones is 1. The van der Waals surface area contributed by atoms with Gasteiger partial charge in [-0.25, -0.2) is 0 Å². The molecule has 0 atom stereocenters. The van der Waals surface area contributed by atoms with Gasteiger partial charge in [0.15, 0.2) is 5.78 Å². The summed E-state index contributed by atoms with van der Waals surface area (Å²) in [4.78, 5) is 38.3. The lowest BCUT2D eigenvalue weighted by molar-refractivity contribution is -0.117. The van der Waals surface area contributed by atoms with Gasteiger partial charge in [0.2, 0.25) is 11.8 Å². The number of hydrogen-bond donors (Lipinski definition) is 1. The average Bonchev–Trinajstić information content (AvgIpc) is 3.24. The van der Waals surface area contributed by atoms with Crippen molar-refractivity contribution in [1.82, 2.24) is 0 Å². The molecule has 31 heavy (non-hydrogen) atoms. The predicted molar refractivity (Wildman–Crippen MR) is 122 cm³/mol. The van der Waals surface area contributed by atoms with Crippen LogP contribution in [-0.4, -0.2) is 24.1 Å². The highest BCUT2D eigenvalue weighted by Gasteiger charge is 2.21. The Hall–Kier alpha value is -3.73. The minimum absolute atomic E-state index is 0.0577. The first kappa shape index (κ1) is 20.5. The van der Waals surface area contributed by atoms with Crippen LogP contribution in [0.4, 0.5) is 11.4 Å². The summed E-state index contributed by atoms with van der Waals surface area (Å²) in [5.41, 5.74) is 4.25. The summed E-state index contributed by atoms with van der Waals surface area (Å²) in [6, 6.07) is 24.7. The predicted octanol–water partition coefficient (Wildman–Crippen LogP) is 5.08. The van der Waals surface area contributed by atoms with Crippen molar-refractivity contribution < 1.29 is 14.4 Å². The molecule has 156 valence electrons. The molecule has 1 N–H and O–H groups in total. The molecule has 0 saturated carbocycles. The zero-order valence-electron chi connectivity index (χ0n) is 17.2. The second-order valence-corrected chi connectivity index (χ2v) is 7.61. The maximum absolute atomic E-state index is 12.5. The van der Waals surface area contributed by atoms with Gasteiger partial charge in [-0.15, -0.1) is 0 Å². The molecule has 5 nitrogen and oxygen atoms in total. The first-order valence-electron chi connectivity index (χ1n) is 10.5. The molecule has 0 unspecified atom stereocenters. The number of nitrogens with zero attached hydrogens (tertiary/aromatic N) is 1. The Bertz CT molecular complexity index is 1070. The summed E-state index contributed by atoms with van der Waals surface area (Å²) < 4.78 is 0. The third kappa shape index (κ3) is 5.07. The van der Waals surface area contributed by atoms with Crippen molar-refractivity contribution in [3.8, 4) is 11.1 Å². The average molecular weight is 412 g/mol. The fourth-order valence-corrected chi connectivity index (χ4v) is 3.72. The fourth-order valence-electron chi connectivity index (χ4n) is 3.72. The minimum atomic E-state index is -0.209. The van der Waals surface area contributed by atoms with Crippen LogP contribution in [0.15, 0.2) is 78.9 Å². The Kier molecular flexibility index (Phi) is 6.22. The molecule has 3 aromatic rings. The topological polar surface area (TPSA) is 66.5 Å². The first-order chi connectivity index (χ1) is 15.1. The molecule has 0 spiro atoms. The van der Waals surface area contributed by atoms with Gasteiger partial charge in [0.05, 0.1) is 0 Å². The van der Waals surface area contributed by atoms with Crippen LogP contribution in [0.25, 0.3) is 11.1 Å². The van der Waals surface area contributed by atoms with Gasteiger partial charge in [0, 0.05) is 42.7 Å². The van der Waals surface area contributed by atoms with Gasteiger partial charge < -0.3 is 10.2 Å². The van der Waals surface area contributed by atoms with Crippen LogP contribution in [0, 0.1) is 0 Å². The van der Waals surface area contributed by atoms with Gasteiger partial charge in [-0.3, -0.25) is 14.4 Å². The van der Waals surface area contributed by atoms with Crippen LogP contribution < -0.4 is 10.2 Å². The molecule has 1 aliphatic rings. The van der Waals surface area contributed by atoms with E-state index in [4.69, 9.17) is 0 Å². The molecule has 1 heterocycles. The Morgan fingerprint density at radius 2 is 1.48 bits per heavy atom. The second-order valence-electron chi connectivity index (χ2n) is 7.61. The first-order valence-corrected chi connectivity index (χ1v) is 10.5. The van der Waals surface area contributed by atoms with E-state index in [0.717, 1.165) is 29.8 Å². The summed E-state index contributed by atoms with van der Waals surface area (Å²) >= 11 is 0. The molecule has 0 radical (unpaired) electrons. The number of carbonyl (C=O) groups excluding carboxylic acids is 3. The Morgan fingerprint density at radius 3 is 2.13 bits per heavy atom. The molecule has 4 rings (SSSR count). The molecule has 0 bridgehead atoms. The van der Waals surface area contributed by atoms with E-state index in [-0.39, 0.29) is 30.4 Å². The molecular formula is C26H24N2O3. The Labute approximate surface area is 181 Å². The highest BCUT2D eigenvalue weighted by molar-refractivity contribution is 6.00. The van der Waals surface area contributed by atoms with Gasteiger partial charge in [-0.05, 0) is 41.8 Å². The third-order valence-corrected chi connectivity index (χ3v) is 5.43. The van der Waals surface area contributed by atoms with Crippen LogP contribution in [0.3, 0.4) is 0 Å². The zero-order chi connectivity index (χ0) is 21.6. The number of hydrogen-bond acceptors (Lipinski definition) is 3. The van der Waals surface area contributed by atoms with Gasteiger partial charge in [0.25, 0.3) is 0 Å². The molecule has 5 heteroatoms. The van der Waals surface area contributed by atoms with Crippen molar-refractivity contribution in [1.29, 1.82) is 0 Å². The molecular weight excluding hydrogens is 388 g/mol. The molecule has 0 aromatic heterocycles. The Balaban J connectivity index is 1.28. The zero-order valence-corrected chi connectivity index (χ0v) is 17.2. The van der Waals surface area contributed by atoms with E-state index < -0.39 is 0 Å². The maximum Gasteiger partial charge on any atom is 0.227 e. The standard InChI is InChI=1S/C26H24N2O3/c29-24(21-10-8-20(9-11-21)19-5-2-1-3-6-19)16-17-25(30)27-22-12-14-23(15-13-22)28-18-4-7-26(28)31/h1-3,5-6,8-15H,4,7,16-18H2,(H,27,30). The smallest absolute Gasteiger partial charge is 0.227 e. The van der Waals surface area contributed by atoms with E-state index in [1.165, 1.54) is 0 Å². The summed E-state index contributed by atoms with van der Waals surface area (Å²) in [6.07, 6.45) is 1.73. The number of Topliss-reactive ketones (excluding diaryl/α,β-unsaturated/α-hetero) is 1. The van der Waals surface area contributed by atoms with Crippen molar-refractivity contribution in [3.63, 3.8) is 0 Å². The lowest BCUT2D eigenvalue weighted by Gasteiger charge is -2.16. The van der Waals surface area contributed by atoms with E-state index in [1.807, 2.05) is 54.6 Å². The highest BCUT2D eigenvalue weighted by Crippen LogP contribution is 2.23. The van der Waals surface area contributed by atoms with E-state index >= 15 is 0 Å². The monoisotopic (exact) mass is 412 g/mol. The summed E-state index contributed by atoms with van der Waals surface area (Å²) in [7, 11) is 0. The van der Waals surface area contributed by atoms with Crippen molar-refractivity contribution in [2.45, 2.75) is 25.7 Å². The molecule has 2 amide bonds. The van der Waals surface area contributed by atoms with Gasteiger partial charge in [0.1, 0.15) is 0 Å². The van der Waals surface area contributed by atoms with Crippen molar-refractivity contribution in [2.75, 3.05) is 16.8 Å². The lowest BCUT2D eigenvalue weighted by atomic mass is 10.0.